The van der Waals surface area contributed by atoms with Gasteiger partial charge in [0.2, 0.25) is 0 Å². The van der Waals surface area contributed by atoms with E-state index in [4.69, 9.17) is 0 Å². The van der Waals surface area contributed by atoms with Crippen LogP contribution in [0.2, 0.25) is 0 Å². The fourth-order valence-electron chi connectivity index (χ4n) is 3.95. The lowest BCUT2D eigenvalue weighted by Gasteiger charge is -2.13. The Bertz CT molecular complexity index is 1590. The number of hydrogen-bond donors (Lipinski definition) is 0. The van der Waals surface area contributed by atoms with Crippen molar-refractivity contribution in [1.82, 2.24) is 4.57 Å². The highest BCUT2D eigenvalue weighted by atomic mass is 32.2. The van der Waals surface area contributed by atoms with Gasteiger partial charge in [-0.05, 0) is 25.1 Å². The van der Waals surface area contributed by atoms with Gasteiger partial charge < -0.3 is 9.64 Å². The molecule has 0 atom stereocenters. The Labute approximate surface area is 217 Å². The third kappa shape index (κ3) is 4.95. The molecule has 11 heteroatoms. The number of anilines is 1. The molecule has 0 radical (unpaired) electrons. The van der Waals surface area contributed by atoms with Crippen LogP contribution in [0, 0.1) is 0 Å². The highest BCUT2D eigenvalue weighted by Crippen LogP contribution is 2.47. The molecule has 4 aromatic rings. The summed E-state index contributed by atoms with van der Waals surface area (Å²) in [4.78, 5) is 15.8. The summed E-state index contributed by atoms with van der Waals surface area (Å²) in [6.07, 6.45) is -0.712. The standard InChI is InChI=1S/C25H21F3N3O2S3/c1-3-31-21(14-20-30(11-12-34-20)15-16-7-5-4-6-8-16)36-22(23(31)32)24-29(2)18-10-9-17(13-19(18)35-24)33-25(26,27)28/h4-14H,3,15H2,1-2H3/q+1/b24-22+. The fourth-order valence-corrected chi connectivity index (χ4v) is 7.29. The number of rotatable bonds is 5. The van der Waals surface area contributed by atoms with Crippen molar-refractivity contribution in [1.29, 1.82) is 0 Å². The predicted molar refractivity (Wildman–Crippen MR) is 138 cm³/mol. The number of benzene rings is 2. The van der Waals surface area contributed by atoms with E-state index in [1.54, 1.807) is 22.0 Å². The van der Waals surface area contributed by atoms with Crippen molar-refractivity contribution in [2.45, 2.75) is 31.3 Å². The molecule has 0 fully saturated rings. The molecule has 3 heterocycles. The molecule has 186 valence electrons. The Morgan fingerprint density at radius 1 is 1.14 bits per heavy atom. The van der Waals surface area contributed by atoms with E-state index in [-0.39, 0.29) is 11.3 Å². The molecule has 0 amide bonds. The molecule has 0 unspecified atom stereocenters. The average molecular weight is 549 g/mol. The van der Waals surface area contributed by atoms with Crippen LogP contribution in [-0.2, 0) is 13.1 Å². The number of halogens is 3. The topological polar surface area (TPSA) is 38.4 Å². The fraction of sp³-hybridized carbons (Fsp3) is 0.200. The van der Waals surface area contributed by atoms with E-state index >= 15 is 0 Å². The maximum Gasteiger partial charge on any atom is 0.573 e. The average Bonchev–Trinajstić information content (AvgIpc) is 3.49. The molecule has 2 aromatic heterocycles. The first-order valence-corrected chi connectivity index (χ1v) is 13.5. The summed E-state index contributed by atoms with van der Waals surface area (Å²) in [5.41, 5.74) is 1.79. The van der Waals surface area contributed by atoms with Gasteiger partial charge in [0.15, 0.2) is 12.7 Å². The summed E-state index contributed by atoms with van der Waals surface area (Å²) in [5, 5.41) is 3.72. The zero-order valence-electron chi connectivity index (χ0n) is 19.3. The van der Waals surface area contributed by atoms with Crippen LogP contribution < -0.4 is 29.0 Å². The maximum absolute atomic E-state index is 13.4. The van der Waals surface area contributed by atoms with E-state index in [2.05, 4.69) is 21.4 Å². The monoisotopic (exact) mass is 548 g/mol. The lowest BCUT2D eigenvalue weighted by Crippen LogP contribution is -2.36. The molecule has 5 rings (SSSR count). The van der Waals surface area contributed by atoms with Gasteiger partial charge >= 0.3 is 6.36 Å². The second kappa shape index (κ2) is 9.79. The third-order valence-electron chi connectivity index (χ3n) is 5.62. The predicted octanol–water partition coefficient (Wildman–Crippen LogP) is 4.36. The summed E-state index contributed by atoms with van der Waals surface area (Å²) in [7, 11) is 1.81. The van der Waals surface area contributed by atoms with Gasteiger partial charge in [0.1, 0.15) is 20.0 Å². The number of hydrogen-bond acceptors (Lipinski definition) is 6. The number of thioether (sulfide) groups is 1. The van der Waals surface area contributed by atoms with E-state index in [0.717, 1.165) is 21.9 Å². The highest BCUT2D eigenvalue weighted by molar-refractivity contribution is 8.08. The van der Waals surface area contributed by atoms with Crippen molar-refractivity contribution in [2.75, 3.05) is 11.9 Å². The molecule has 0 N–H and O–H groups in total. The first kappa shape index (κ1) is 24.7. The van der Waals surface area contributed by atoms with Gasteiger partial charge in [-0.3, -0.25) is 9.36 Å². The van der Waals surface area contributed by atoms with Gasteiger partial charge in [0, 0.05) is 24.1 Å². The second-order valence-corrected chi connectivity index (χ2v) is 10.9. The zero-order chi connectivity index (χ0) is 25.4. The van der Waals surface area contributed by atoms with Crippen molar-refractivity contribution in [3.63, 3.8) is 0 Å². The number of nitrogens with zero attached hydrogens (tertiary/aromatic N) is 3. The van der Waals surface area contributed by atoms with Gasteiger partial charge in [0.05, 0.1) is 17.1 Å². The van der Waals surface area contributed by atoms with Gasteiger partial charge in [0.25, 0.3) is 10.6 Å². The second-order valence-electron chi connectivity index (χ2n) is 7.96. The molecular formula is C25H21F3N3O2S3+. The quantitative estimate of drug-likeness (QED) is 0.348. The summed E-state index contributed by atoms with van der Waals surface area (Å²) in [6.45, 7) is 3.15. The van der Waals surface area contributed by atoms with Crippen molar-refractivity contribution >= 4 is 51.2 Å². The van der Waals surface area contributed by atoms with E-state index in [1.807, 2.05) is 54.7 Å². The largest absolute Gasteiger partial charge is 0.573 e. The number of aromatic nitrogens is 2. The van der Waals surface area contributed by atoms with Crippen molar-refractivity contribution < 1.29 is 22.5 Å². The molecule has 0 spiro atoms. The molecule has 0 saturated heterocycles. The minimum atomic E-state index is -4.76. The minimum absolute atomic E-state index is 0.117. The molecule has 0 aliphatic carbocycles. The van der Waals surface area contributed by atoms with Gasteiger partial charge in [-0.15, -0.1) is 24.5 Å². The van der Waals surface area contributed by atoms with Crippen LogP contribution in [0.5, 0.6) is 5.75 Å². The first-order valence-electron chi connectivity index (χ1n) is 11.0. The lowest BCUT2D eigenvalue weighted by molar-refractivity contribution is -0.685. The van der Waals surface area contributed by atoms with Gasteiger partial charge in [-0.25, -0.2) is 0 Å². The Balaban J connectivity index is 1.55. The normalized spacial score (nSPS) is 15.5. The van der Waals surface area contributed by atoms with Crippen molar-refractivity contribution in [3.05, 3.63) is 90.2 Å². The van der Waals surface area contributed by atoms with Crippen molar-refractivity contribution in [3.8, 4) is 5.75 Å². The molecular weight excluding hydrogens is 527 g/mol. The molecule has 5 nitrogen and oxygen atoms in total. The van der Waals surface area contributed by atoms with Crippen LogP contribution in [0.4, 0.5) is 18.9 Å². The SMILES string of the molecule is CCn1c(=O)/c(=C2\Sc3cc(OC(F)(F)F)ccc3N2C)s/c1=C\c1scc[n+]1Cc1ccccc1. The number of ether oxygens (including phenoxy) is 1. The molecule has 0 bridgehead atoms. The van der Waals surface area contributed by atoms with Crippen molar-refractivity contribution in [2.24, 2.45) is 0 Å². The van der Waals surface area contributed by atoms with E-state index in [9.17, 15) is 18.0 Å². The number of thiazole rings is 2. The third-order valence-corrected chi connectivity index (χ3v) is 8.93. The zero-order valence-corrected chi connectivity index (χ0v) is 21.7. The van der Waals surface area contributed by atoms with Crippen LogP contribution in [-0.4, -0.2) is 18.0 Å². The van der Waals surface area contributed by atoms with Crippen LogP contribution >= 0.6 is 34.4 Å². The Kier molecular flexibility index (Phi) is 6.71. The highest BCUT2D eigenvalue weighted by Gasteiger charge is 2.32. The summed E-state index contributed by atoms with van der Waals surface area (Å²) in [5.74, 6) is -0.282. The molecule has 1 aliphatic heterocycles. The van der Waals surface area contributed by atoms with Crippen LogP contribution in [0.3, 0.4) is 0 Å². The molecule has 36 heavy (non-hydrogen) atoms. The summed E-state index contributed by atoms with van der Waals surface area (Å²) >= 11 is 4.26. The van der Waals surface area contributed by atoms with Crippen LogP contribution in [0.1, 0.15) is 17.5 Å². The molecule has 0 saturated carbocycles. The van der Waals surface area contributed by atoms with E-state index in [0.29, 0.717) is 21.0 Å². The first-order chi connectivity index (χ1) is 17.2. The minimum Gasteiger partial charge on any atom is -0.406 e. The molecule has 1 aliphatic rings. The van der Waals surface area contributed by atoms with Crippen LogP contribution in [0.25, 0.3) is 11.1 Å². The number of alkyl halides is 3. The lowest BCUT2D eigenvalue weighted by atomic mass is 10.2. The Hall–Kier alpha value is -3.02. The summed E-state index contributed by atoms with van der Waals surface area (Å²) < 4.78 is 47.3. The van der Waals surface area contributed by atoms with Crippen LogP contribution in [0.15, 0.2) is 69.8 Å². The van der Waals surface area contributed by atoms with Gasteiger partial charge in [-0.2, -0.15) is 4.57 Å². The van der Waals surface area contributed by atoms with E-state index in [1.165, 1.54) is 40.8 Å². The Morgan fingerprint density at radius 2 is 1.92 bits per heavy atom. The maximum atomic E-state index is 13.4. The van der Waals surface area contributed by atoms with E-state index < -0.39 is 6.36 Å². The van der Waals surface area contributed by atoms with Gasteiger partial charge in [-0.1, -0.05) is 53.4 Å². The summed E-state index contributed by atoms with van der Waals surface area (Å²) in [6, 6.07) is 14.4. The number of fused-ring (bicyclic) bond motifs is 1. The molecule has 2 aromatic carbocycles. The Morgan fingerprint density at radius 3 is 2.64 bits per heavy atom. The smallest absolute Gasteiger partial charge is 0.406 e.